The third-order valence-corrected chi connectivity index (χ3v) is 5.22. The lowest BCUT2D eigenvalue weighted by molar-refractivity contribution is -0.136. The molecule has 3 nitrogen and oxygen atoms in total. The van der Waals surface area contributed by atoms with Gasteiger partial charge in [-0.05, 0) is 58.5 Å². The summed E-state index contributed by atoms with van der Waals surface area (Å²) in [5.41, 5.74) is 6.16. The average Bonchev–Trinajstić information content (AvgIpc) is 3.08. The summed E-state index contributed by atoms with van der Waals surface area (Å²) in [4.78, 5) is 24.4. The van der Waals surface area contributed by atoms with Gasteiger partial charge in [0, 0.05) is 16.1 Å². The Balaban J connectivity index is 1.40. The van der Waals surface area contributed by atoms with Crippen molar-refractivity contribution in [2.45, 2.75) is 6.42 Å². The summed E-state index contributed by atoms with van der Waals surface area (Å²) in [6, 6.07) is 21.4. The zero-order valence-electron chi connectivity index (χ0n) is 15.0. The number of hydrogen-bond donors (Lipinski definition) is 0. The summed E-state index contributed by atoms with van der Waals surface area (Å²) in [6.45, 7) is -0.276. The van der Waals surface area contributed by atoms with Crippen molar-refractivity contribution in [3.63, 3.8) is 0 Å². The number of carbonyl (C=O) groups excluding carboxylic acids is 2. The maximum absolute atomic E-state index is 12.5. The summed E-state index contributed by atoms with van der Waals surface area (Å²) in [5.74, 6) is -0.754. The normalized spacial score (nSPS) is 11.9. The number of fused-ring (bicyclic) bond motifs is 3. The SMILES string of the molecule is O=C(C=Cc1cccc(Br)c1)OCC(=O)c1ccc2c(c1)-c1ccccc1C2. The number of benzene rings is 3. The topological polar surface area (TPSA) is 43.4 Å². The minimum Gasteiger partial charge on any atom is -0.454 e. The molecular formula is C24H17BrO3. The number of Topliss-reactive ketones (excluding diaryl/α,β-unsaturated/α-hetero) is 1. The van der Waals surface area contributed by atoms with Gasteiger partial charge >= 0.3 is 5.97 Å². The molecule has 0 saturated carbocycles. The van der Waals surface area contributed by atoms with Crippen LogP contribution in [-0.2, 0) is 16.0 Å². The largest absolute Gasteiger partial charge is 0.454 e. The van der Waals surface area contributed by atoms with E-state index in [4.69, 9.17) is 4.74 Å². The summed E-state index contributed by atoms with van der Waals surface area (Å²) >= 11 is 3.38. The molecule has 28 heavy (non-hydrogen) atoms. The average molecular weight is 433 g/mol. The summed E-state index contributed by atoms with van der Waals surface area (Å²) in [7, 11) is 0. The van der Waals surface area contributed by atoms with Crippen LogP contribution < -0.4 is 0 Å². The Morgan fingerprint density at radius 1 is 0.929 bits per heavy atom. The van der Waals surface area contributed by atoms with Crippen LogP contribution in [0.4, 0.5) is 0 Å². The van der Waals surface area contributed by atoms with E-state index in [1.54, 1.807) is 12.1 Å². The molecule has 0 aliphatic heterocycles. The molecule has 0 saturated heterocycles. The molecule has 3 aromatic carbocycles. The molecule has 0 atom stereocenters. The number of ketones is 1. The number of esters is 1. The van der Waals surface area contributed by atoms with Gasteiger partial charge in [-0.3, -0.25) is 4.79 Å². The molecule has 0 spiro atoms. The summed E-state index contributed by atoms with van der Waals surface area (Å²) in [5, 5.41) is 0. The molecule has 1 aliphatic carbocycles. The van der Waals surface area contributed by atoms with E-state index in [1.165, 1.54) is 22.8 Å². The first-order valence-corrected chi connectivity index (χ1v) is 9.74. The standard InChI is InChI=1S/C24H17BrO3/c25-20-6-3-4-16(12-20)8-11-24(27)28-15-23(26)19-10-9-18-13-17-5-1-2-7-21(17)22(18)14-19/h1-12,14H,13,15H2. The fourth-order valence-electron chi connectivity index (χ4n) is 3.34. The van der Waals surface area contributed by atoms with Crippen molar-refractivity contribution in [2.24, 2.45) is 0 Å². The van der Waals surface area contributed by atoms with Crippen molar-refractivity contribution in [1.82, 2.24) is 0 Å². The minimum atomic E-state index is -0.542. The second-order valence-electron chi connectivity index (χ2n) is 6.63. The first-order chi connectivity index (χ1) is 13.6. The molecule has 0 N–H and O–H groups in total. The second-order valence-corrected chi connectivity index (χ2v) is 7.54. The highest BCUT2D eigenvalue weighted by Gasteiger charge is 2.19. The predicted octanol–water partition coefficient (Wildman–Crippen LogP) is 5.46. The Morgan fingerprint density at radius 2 is 1.75 bits per heavy atom. The molecule has 4 heteroatoms. The molecule has 0 bridgehead atoms. The van der Waals surface area contributed by atoms with Gasteiger partial charge in [-0.15, -0.1) is 0 Å². The van der Waals surface area contributed by atoms with Crippen LogP contribution in [0.5, 0.6) is 0 Å². The van der Waals surface area contributed by atoms with Crippen LogP contribution in [0.2, 0.25) is 0 Å². The fourth-order valence-corrected chi connectivity index (χ4v) is 3.76. The molecule has 0 fully saturated rings. The third kappa shape index (κ3) is 3.97. The van der Waals surface area contributed by atoms with Gasteiger partial charge in [0.15, 0.2) is 12.4 Å². The molecule has 138 valence electrons. The number of hydrogen-bond acceptors (Lipinski definition) is 3. The van der Waals surface area contributed by atoms with E-state index in [2.05, 4.69) is 28.1 Å². The van der Waals surface area contributed by atoms with Crippen molar-refractivity contribution < 1.29 is 14.3 Å². The molecule has 0 unspecified atom stereocenters. The maximum atomic E-state index is 12.5. The van der Waals surface area contributed by atoms with Crippen LogP contribution in [0.15, 0.2) is 77.3 Å². The number of ether oxygens (including phenoxy) is 1. The zero-order valence-corrected chi connectivity index (χ0v) is 16.6. The highest BCUT2D eigenvalue weighted by molar-refractivity contribution is 9.10. The van der Waals surface area contributed by atoms with Crippen molar-refractivity contribution in [3.05, 3.63) is 99.5 Å². The lowest BCUT2D eigenvalue weighted by atomic mass is 10.0. The van der Waals surface area contributed by atoms with Gasteiger partial charge in [-0.25, -0.2) is 4.79 Å². The third-order valence-electron chi connectivity index (χ3n) is 4.73. The van der Waals surface area contributed by atoms with Crippen molar-refractivity contribution in [1.29, 1.82) is 0 Å². The molecule has 0 aromatic heterocycles. The fraction of sp³-hybridized carbons (Fsp3) is 0.0833. The first kappa shape index (κ1) is 18.4. The van der Waals surface area contributed by atoms with Crippen LogP contribution >= 0.6 is 15.9 Å². The number of rotatable bonds is 5. The number of halogens is 1. The Hall–Kier alpha value is -2.98. The van der Waals surface area contributed by atoms with Crippen molar-refractivity contribution in [3.8, 4) is 11.1 Å². The van der Waals surface area contributed by atoms with Gasteiger partial charge in [0.1, 0.15) is 0 Å². The van der Waals surface area contributed by atoms with Crippen LogP contribution in [0, 0.1) is 0 Å². The first-order valence-electron chi connectivity index (χ1n) is 8.95. The van der Waals surface area contributed by atoms with E-state index >= 15 is 0 Å². The van der Waals surface area contributed by atoms with E-state index in [9.17, 15) is 9.59 Å². The second kappa shape index (κ2) is 7.95. The van der Waals surface area contributed by atoms with E-state index in [-0.39, 0.29) is 12.4 Å². The van der Waals surface area contributed by atoms with Crippen LogP contribution in [0.1, 0.15) is 27.0 Å². The van der Waals surface area contributed by atoms with Crippen LogP contribution in [0.3, 0.4) is 0 Å². The molecular weight excluding hydrogens is 416 g/mol. The minimum absolute atomic E-state index is 0.212. The van der Waals surface area contributed by atoms with Crippen LogP contribution in [-0.4, -0.2) is 18.4 Å². The Bertz CT molecular complexity index is 1100. The van der Waals surface area contributed by atoms with E-state index < -0.39 is 5.97 Å². The van der Waals surface area contributed by atoms with Gasteiger partial charge in [-0.1, -0.05) is 64.5 Å². The van der Waals surface area contributed by atoms with Gasteiger partial charge in [0.05, 0.1) is 0 Å². The Morgan fingerprint density at radius 3 is 2.61 bits per heavy atom. The highest BCUT2D eigenvalue weighted by Crippen LogP contribution is 2.36. The molecule has 4 rings (SSSR count). The van der Waals surface area contributed by atoms with Crippen molar-refractivity contribution >= 4 is 33.8 Å². The summed E-state index contributed by atoms with van der Waals surface area (Å²) in [6.07, 6.45) is 3.87. The zero-order chi connectivity index (χ0) is 19.5. The summed E-state index contributed by atoms with van der Waals surface area (Å²) < 4.78 is 6.04. The lowest BCUT2D eigenvalue weighted by Crippen LogP contribution is -2.12. The van der Waals surface area contributed by atoms with Crippen LogP contribution in [0.25, 0.3) is 17.2 Å². The highest BCUT2D eigenvalue weighted by atomic mass is 79.9. The van der Waals surface area contributed by atoms with E-state index in [0.717, 1.165) is 22.0 Å². The molecule has 0 heterocycles. The number of carbonyl (C=O) groups is 2. The smallest absolute Gasteiger partial charge is 0.331 e. The molecule has 1 aliphatic rings. The van der Waals surface area contributed by atoms with Gasteiger partial charge < -0.3 is 4.74 Å². The molecule has 3 aromatic rings. The van der Waals surface area contributed by atoms with E-state index in [0.29, 0.717) is 5.56 Å². The van der Waals surface area contributed by atoms with Crippen molar-refractivity contribution in [2.75, 3.05) is 6.61 Å². The van der Waals surface area contributed by atoms with Gasteiger partial charge in [-0.2, -0.15) is 0 Å². The quantitative estimate of drug-likeness (QED) is 0.239. The Kier molecular flexibility index (Phi) is 5.22. The lowest BCUT2D eigenvalue weighted by Gasteiger charge is -2.06. The molecule has 0 amide bonds. The van der Waals surface area contributed by atoms with Gasteiger partial charge in [0.2, 0.25) is 0 Å². The van der Waals surface area contributed by atoms with E-state index in [1.807, 2.05) is 48.5 Å². The Labute approximate surface area is 171 Å². The van der Waals surface area contributed by atoms with Gasteiger partial charge in [0.25, 0.3) is 0 Å². The predicted molar refractivity (Wildman–Crippen MR) is 113 cm³/mol. The monoisotopic (exact) mass is 432 g/mol. The maximum Gasteiger partial charge on any atom is 0.331 e. The molecule has 0 radical (unpaired) electrons.